The molecule has 1 heterocycles. The summed E-state index contributed by atoms with van der Waals surface area (Å²) in [6.07, 6.45) is 1.16. The van der Waals surface area contributed by atoms with Crippen LogP contribution in [0.25, 0.3) is 0 Å². The molecule has 7 nitrogen and oxygen atoms in total. The number of carbonyl (C=O) groups is 1. The number of methoxy groups -OCH3 is 1. The van der Waals surface area contributed by atoms with Gasteiger partial charge in [-0.2, -0.15) is 0 Å². The van der Waals surface area contributed by atoms with Gasteiger partial charge in [0, 0.05) is 19.2 Å². The van der Waals surface area contributed by atoms with E-state index in [0.29, 0.717) is 19.4 Å². The summed E-state index contributed by atoms with van der Waals surface area (Å²) in [4.78, 5) is 22.7. The Morgan fingerprint density at radius 3 is 2.86 bits per heavy atom. The average molecular weight is 298 g/mol. The molecule has 1 fully saturated rings. The molecule has 0 aliphatic carbocycles. The minimum absolute atomic E-state index is 0.0474. The van der Waals surface area contributed by atoms with E-state index in [1.165, 1.54) is 13.2 Å². The number of nitro groups is 1. The number of aliphatic carboxylic acids is 1. The van der Waals surface area contributed by atoms with Crippen molar-refractivity contribution in [3.63, 3.8) is 0 Å². The Bertz CT molecular complexity index is 578. The van der Waals surface area contributed by atoms with Crippen LogP contribution in [-0.2, 0) is 4.79 Å². The summed E-state index contributed by atoms with van der Waals surface area (Å²) in [7, 11) is 1.26. The van der Waals surface area contributed by atoms with Gasteiger partial charge in [-0.3, -0.25) is 14.9 Å². The van der Waals surface area contributed by atoms with E-state index in [4.69, 9.17) is 9.84 Å². The van der Waals surface area contributed by atoms with Gasteiger partial charge in [-0.15, -0.1) is 0 Å². The molecule has 1 N–H and O–H groups in total. The predicted octanol–water partition coefficient (Wildman–Crippen LogP) is 2.04. The second-order valence-corrected chi connectivity index (χ2v) is 4.86. The molecular weight excluding hydrogens is 283 g/mol. The molecular formula is C13H15FN2O5. The fourth-order valence-electron chi connectivity index (χ4n) is 2.48. The number of benzene rings is 1. The van der Waals surface area contributed by atoms with Gasteiger partial charge in [-0.05, 0) is 12.8 Å². The van der Waals surface area contributed by atoms with Crippen LogP contribution in [0.2, 0.25) is 0 Å². The van der Waals surface area contributed by atoms with E-state index in [2.05, 4.69) is 0 Å². The Balaban J connectivity index is 2.35. The largest absolute Gasteiger partial charge is 0.490 e. The van der Waals surface area contributed by atoms with Gasteiger partial charge in [0.05, 0.1) is 29.7 Å². The molecule has 1 atom stereocenters. The first-order valence-electron chi connectivity index (χ1n) is 6.43. The number of carboxylic acid groups (broad SMARTS) is 1. The van der Waals surface area contributed by atoms with Crippen molar-refractivity contribution in [2.24, 2.45) is 5.92 Å². The summed E-state index contributed by atoms with van der Waals surface area (Å²) in [6.45, 7) is 0.675. The molecule has 0 spiro atoms. The third kappa shape index (κ3) is 3.04. The predicted molar refractivity (Wildman–Crippen MR) is 72.2 cm³/mol. The first-order chi connectivity index (χ1) is 9.93. The minimum atomic E-state index is -0.922. The van der Waals surface area contributed by atoms with Crippen LogP contribution in [-0.4, -0.2) is 36.2 Å². The van der Waals surface area contributed by atoms with E-state index in [1.807, 2.05) is 0 Å². The highest BCUT2D eigenvalue weighted by Crippen LogP contribution is 2.35. The van der Waals surface area contributed by atoms with Crippen molar-refractivity contribution in [3.05, 3.63) is 28.1 Å². The Kier molecular flexibility index (Phi) is 4.25. The third-order valence-corrected chi connectivity index (χ3v) is 3.56. The topological polar surface area (TPSA) is 92.9 Å². The van der Waals surface area contributed by atoms with Crippen LogP contribution in [0.3, 0.4) is 0 Å². The van der Waals surface area contributed by atoms with Crippen LogP contribution in [0.5, 0.6) is 5.75 Å². The van der Waals surface area contributed by atoms with Crippen molar-refractivity contribution >= 4 is 17.3 Å². The molecule has 1 aromatic rings. The zero-order valence-corrected chi connectivity index (χ0v) is 11.4. The number of halogens is 1. The highest BCUT2D eigenvalue weighted by atomic mass is 19.1. The van der Waals surface area contributed by atoms with Gasteiger partial charge < -0.3 is 14.7 Å². The molecule has 1 aliphatic heterocycles. The number of ether oxygens (including phenoxy) is 1. The molecule has 0 aromatic heterocycles. The third-order valence-electron chi connectivity index (χ3n) is 3.56. The Morgan fingerprint density at radius 1 is 1.57 bits per heavy atom. The van der Waals surface area contributed by atoms with Crippen molar-refractivity contribution < 1.29 is 24.0 Å². The SMILES string of the molecule is COc1cc(N2CCCC(C(=O)O)C2)c(F)cc1[N+](=O)[O-]. The number of hydrogen-bond donors (Lipinski definition) is 1. The summed E-state index contributed by atoms with van der Waals surface area (Å²) in [5.74, 6) is -2.30. The molecule has 114 valence electrons. The number of piperidine rings is 1. The minimum Gasteiger partial charge on any atom is -0.490 e. The van der Waals surface area contributed by atoms with Crippen molar-refractivity contribution in [1.29, 1.82) is 0 Å². The summed E-state index contributed by atoms with van der Waals surface area (Å²) >= 11 is 0. The van der Waals surface area contributed by atoms with Crippen molar-refractivity contribution in [2.75, 3.05) is 25.1 Å². The molecule has 21 heavy (non-hydrogen) atoms. The van der Waals surface area contributed by atoms with Crippen molar-refractivity contribution in [3.8, 4) is 5.75 Å². The van der Waals surface area contributed by atoms with Crippen LogP contribution in [0.4, 0.5) is 15.8 Å². The lowest BCUT2D eigenvalue weighted by Gasteiger charge is -2.32. The van der Waals surface area contributed by atoms with Crippen LogP contribution < -0.4 is 9.64 Å². The smallest absolute Gasteiger partial charge is 0.313 e. The number of carboxylic acids is 1. The fraction of sp³-hybridized carbons (Fsp3) is 0.462. The first-order valence-corrected chi connectivity index (χ1v) is 6.43. The highest BCUT2D eigenvalue weighted by molar-refractivity contribution is 5.71. The molecule has 1 aromatic carbocycles. The standard InChI is InChI=1S/C13H15FN2O5/c1-21-12-6-10(9(14)5-11(12)16(19)20)15-4-2-3-8(7-15)13(17)18/h5-6,8H,2-4,7H2,1H3,(H,17,18). The Labute approximate surface area is 120 Å². The maximum Gasteiger partial charge on any atom is 0.313 e. The van der Waals surface area contributed by atoms with Crippen molar-refractivity contribution in [1.82, 2.24) is 0 Å². The summed E-state index contributed by atoms with van der Waals surface area (Å²) in [5, 5.41) is 19.9. The molecule has 8 heteroatoms. The van der Waals surface area contributed by atoms with E-state index < -0.39 is 28.3 Å². The molecule has 1 unspecified atom stereocenters. The van der Waals surface area contributed by atoms with Gasteiger partial charge in [0.2, 0.25) is 0 Å². The molecule has 2 rings (SSSR count). The highest BCUT2D eigenvalue weighted by Gasteiger charge is 2.29. The maximum absolute atomic E-state index is 14.1. The van der Waals surface area contributed by atoms with Gasteiger partial charge in [-0.25, -0.2) is 4.39 Å². The second kappa shape index (κ2) is 5.94. The fourth-order valence-corrected chi connectivity index (χ4v) is 2.48. The van der Waals surface area contributed by atoms with Gasteiger partial charge in [0.15, 0.2) is 11.6 Å². The Morgan fingerprint density at radius 2 is 2.29 bits per heavy atom. The lowest BCUT2D eigenvalue weighted by atomic mass is 9.97. The van der Waals surface area contributed by atoms with Crippen LogP contribution in [0.15, 0.2) is 12.1 Å². The monoisotopic (exact) mass is 298 g/mol. The van der Waals surface area contributed by atoms with Gasteiger partial charge in [0.1, 0.15) is 0 Å². The first kappa shape index (κ1) is 15.0. The molecule has 0 amide bonds. The van der Waals surface area contributed by atoms with E-state index >= 15 is 0 Å². The normalized spacial score (nSPS) is 18.4. The van der Waals surface area contributed by atoms with E-state index in [-0.39, 0.29) is 18.0 Å². The van der Waals surface area contributed by atoms with E-state index in [9.17, 15) is 19.3 Å². The number of rotatable bonds is 4. The van der Waals surface area contributed by atoms with Crippen LogP contribution in [0, 0.1) is 21.8 Å². The number of nitro benzene ring substituents is 1. The average Bonchev–Trinajstić information content (AvgIpc) is 2.46. The lowest BCUT2D eigenvalue weighted by Crippen LogP contribution is -2.39. The molecule has 0 radical (unpaired) electrons. The summed E-state index contributed by atoms with van der Waals surface area (Å²) in [6, 6.07) is 2.05. The van der Waals surface area contributed by atoms with Gasteiger partial charge >= 0.3 is 11.7 Å². The molecule has 0 bridgehead atoms. The van der Waals surface area contributed by atoms with Gasteiger partial charge in [0.25, 0.3) is 0 Å². The summed E-state index contributed by atoms with van der Waals surface area (Å²) < 4.78 is 19.0. The van der Waals surface area contributed by atoms with E-state index in [0.717, 1.165) is 6.07 Å². The van der Waals surface area contributed by atoms with Gasteiger partial charge in [-0.1, -0.05) is 0 Å². The van der Waals surface area contributed by atoms with E-state index in [1.54, 1.807) is 4.90 Å². The zero-order chi connectivity index (χ0) is 15.6. The van der Waals surface area contributed by atoms with Crippen molar-refractivity contribution in [2.45, 2.75) is 12.8 Å². The molecule has 0 saturated carbocycles. The lowest BCUT2D eigenvalue weighted by molar-refractivity contribution is -0.385. The van der Waals surface area contributed by atoms with Crippen LogP contribution >= 0.6 is 0 Å². The number of anilines is 1. The number of nitrogens with zero attached hydrogens (tertiary/aromatic N) is 2. The number of hydrogen-bond acceptors (Lipinski definition) is 5. The Hall–Kier alpha value is -2.38. The maximum atomic E-state index is 14.1. The second-order valence-electron chi connectivity index (χ2n) is 4.86. The quantitative estimate of drug-likeness (QED) is 0.675. The zero-order valence-electron chi connectivity index (χ0n) is 11.4. The molecule has 1 aliphatic rings. The molecule has 1 saturated heterocycles. The summed E-state index contributed by atoms with van der Waals surface area (Å²) in [5.41, 5.74) is -0.325. The van der Waals surface area contributed by atoms with Crippen LogP contribution in [0.1, 0.15) is 12.8 Å².